The molecule has 104 valence electrons. The van der Waals surface area contributed by atoms with E-state index in [0.717, 1.165) is 42.2 Å². The zero-order valence-electron chi connectivity index (χ0n) is 12.0. The van der Waals surface area contributed by atoms with E-state index < -0.39 is 0 Å². The smallest absolute Gasteiger partial charge is 0.160 e. The fourth-order valence-corrected chi connectivity index (χ4v) is 2.25. The Bertz CT molecular complexity index is 562. The van der Waals surface area contributed by atoms with Crippen LogP contribution in [0.1, 0.15) is 30.6 Å². The molecule has 1 unspecified atom stereocenters. The Morgan fingerprint density at radius 3 is 2.84 bits per heavy atom. The zero-order valence-corrected chi connectivity index (χ0v) is 12.8. The van der Waals surface area contributed by atoms with Gasteiger partial charge in [0.1, 0.15) is 11.3 Å². The van der Waals surface area contributed by atoms with Crippen molar-refractivity contribution < 1.29 is 0 Å². The van der Waals surface area contributed by atoms with Crippen LogP contribution in [-0.2, 0) is 6.54 Å². The number of likely N-dealkylation sites (N-methyl/N-ethyl adjacent to an activating group) is 1. The summed E-state index contributed by atoms with van der Waals surface area (Å²) in [6.45, 7) is 9.00. The molecule has 2 aromatic heterocycles. The van der Waals surface area contributed by atoms with Gasteiger partial charge >= 0.3 is 0 Å². The third-order valence-corrected chi connectivity index (χ3v) is 3.55. The quantitative estimate of drug-likeness (QED) is 0.790. The maximum absolute atomic E-state index is 6.24. The molecule has 19 heavy (non-hydrogen) atoms. The molecule has 0 aliphatic rings. The number of fused-ring (bicyclic) bond motifs is 1. The Morgan fingerprint density at radius 2 is 2.21 bits per heavy atom. The summed E-state index contributed by atoms with van der Waals surface area (Å²) in [5.74, 6) is 0.902. The summed E-state index contributed by atoms with van der Waals surface area (Å²) in [7, 11) is 2.11. The first kappa shape index (κ1) is 14.3. The number of rotatable bonds is 5. The van der Waals surface area contributed by atoms with Crippen LogP contribution in [0.5, 0.6) is 0 Å². The van der Waals surface area contributed by atoms with E-state index in [-0.39, 0.29) is 5.38 Å². The lowest BCUT2D eigenvalue weighted by Crippen LogP contribution is -2.23. The zero-order chi connectivity index (χ0) is 14.0. The average Bonchev–Trinajstić information content (AvgIpc) is 2.73. The van der Waals surface area contributed by atoms with Gasteiger partial charge in [-0.1, -0.05) is 6.92 Å². The number of alkyl halides is 1. The second kappa shape index (κ2) is 5.88. The summed E-state index contributed by atoms with van der Waals surface area (Å²) in [6.07, 6.45) is 1.88. The normalized spacial score (nSPS) is 13.4. The van der Waals surface area contributed by atoms with Gasteiger partial charge in [0, 0.05) is 19.3 Å². The minimum absolute atomic E-state index is 0.110. The molecular weight excluding hydrogens is 260 g/mol. The number of aromatic nitrogens is 3. The third-order valence-electron chi connectivity index (χ3n) is 3.35. The fraction of sp³-hybridized carbons (Fsp3) is 0.571. The predicted molar refractivity (Wildman–Crippen MR) is 79.7 cm³/mol. The molecule has 0 aliphatic heterocycles. The van der Waals surface area contributed by atoms with Gasteiger partial charge in [0.15, 0.2) is 5.65 Å². The summed E-state index contributed by atoms with van der Waals surface area (Å²) >= 11 is 6.24. The number of halogens is 1. The number of nitrogens with zero attached hydrogens (tertiary/aromatic N) is 4. The first-order chi connectivity index (χ1) is 9.02. The van der Waals surface area contributed by atoms with Gasteiger partial charge in [-0.3, -0.25) is 0 Å². The van der Waals surface area contributed by atoms with Crippen LogP contribution in [-0.4, -0.2) is 39.6 Å². The van der Waals surface area contributed by atoms with Crippen molar-refractivity contribution in [3.63, 3.8) is 0 Å². The lowest BCUT2D eigenvalue weighted by atomic mass is 10.3. The lowest BCUT2D eigenvalue weighted by molar-refractivity contribution is 0.335. The Hall–Kier alpha value is -1.13. The number of hydrogen-bond donors (Lipinski definition) is 0. The van der Waals surface area contributed by atoms with E-state index in [1.165, 1.54) is 0 Å². The molecule has 0 aliphatic carbocycles. The van der Waals surface area contributed by atoms with E-state index in [1.54, 1.807) is 0 Å². The van der Waals surface area contributed by atoms with Crippen molar-refractivity contribution in [1.82, 2.24) is 19.4 Å². The molecule has 2 heterocycles. The van der Waals surface area contributed by atoms with Crippen LogP contribution in [0.15, 0.2) is 12.3 Å². The van der Waals surface area contributed by atoms with Crippen molar-refractivity contribution in [2.24, 2.45) is 0 Å². The van der Waals surface area contributed by atoms with E-state index in [4.69, 9.17) is 11.6 Å². The van der Waals surface area contributed by atoms with Crippen molar-refractivity contribution in [2.75, 3.05) is 20.1 Å². The number of pyridine rings is 1. The first-order valence-electron chi connectivity index (χ1n) is 6.68. The van der Waals surface area contributed by atoms with Gasteiger partial charge in [0.05, 0.1) is 5.38 Å². The van der Waals surface area contributed by atoms with Crippen LogP contribution in [0, 0.1) is 6.92 Å². The van der Waals surface area contributed by atoms with E-state index in [1.807, 2.05) is 20.0 Å². The molecule has 0 radical (unpaired) electrons. The summed E-state index contributed by atoms with van der Waals surface area (Å²) in [6, 6.07) is 2.06. The Balaban J connectivity index is 2.40. The summed E-state index contributed by atoms with van der Waals surface area (Å²) in [4.78, 5) is 11.4. The number of imidazole rings is 1. The molecular formula is C14H21ClN4. The molecule has 0 bridgehead atoms. The highest BCUT2D eigenvalue weighted by Crippen LogP contribution is 2.23. The van der Waals surface area contributed by atoms with Gasteiger partial charge in [-0.25, -0.2) is 9.97 Å². The molecule has 0 spiro atoms. The van der Waals surface area contributed by atoms with E-state index >= 15 is 0 Å². The molecule has 2 aromatic rings. The lowest BCUT2D eigenvalue weighted by Gasteiger charge is -2.16. The molecule has 0 aromatic carbocycles. The van der Waals surface area contributed by atoms with Crippen molar-refractivity contribution in [3.8, 4) is 0 Å². The molecule has 5 heteroatoms. The molecule has 0 saturated carbocycles. The second-order valence-electron chi connectivity index (χ2n) is 4.99. The van der Waals surface area contributed by atoms with Crippen LogP contribution >= 0.6 is 11.6 Å². The molecule has 0 fully saturated rings. The van der Waals surface area contributed by atoms with Crippen molar-refractivity contribution in [2.45, 2.75) is 32.7 Å². The fourth-order valence-electron chi connectivity index (χ4n) is 2.08. The van der Waals surface area contributed by atoms with Gasteiger partial charge < -0.3 is 9.47 Å². The van der Waals surface area contributed by atoms with Crippen LogP contribution in [0.3, 0.4) is 0 Å². The van der Waals surface area contributed by atoms with Crippen LogP contribution in [0.2, 0.25) is 0 Å². The largest absolute Gasteiger partial charge is 0.310 e. The Kier molecular flexibility index (Phi) is 4.42. The van der Waals surface area contributed by atoms with Gasteiger partial charge in [-0.2, -0.15) is 0 Å². The molecule has 1 atom stereocenters. The second-order valence-corrected chi connectivity index (χ2v) is 5.64. The van der Waals surface area contributed by atoms with Gasteiger partial charge in [-0.15, -0.1) is 11.6 Å². The minimum Gasteiger partial charge on any atom is -0.310 e. The average molecular weight is 281 g/mol. The van der Waals surface area contributed by atoms with Gasteiger partial charge in [0.25, 0.3) is 0 Å². The van der Waals surface area contributed by atoms with E-state index in [2.05, 4.69) is 39.5 Å². The van der Waals surface area contributed by atoms with Crippen molar-refractivity contribution >= 4 is 22.8 Å². The molecule has 0 saturated heterocycles. The minimum atomic E-state index is -0.110. The van der Waals surface area contributed by atoms with Gasteiger partial charge in [-0.05, 0) is 39.1 Å². The monoisotopic (exact) mass is 280 g/mol. The SMILES string of the molecule is CCN(C)CCn1c(C(C)Cl)nc2cc(C)cnc21. The standard InChI is InChI=1S/C14H21ClN4/c1-5-18(4)6-7-19-13(11(3)15)17-12-8-10(2)9-16-14(12)19/h8-9,11H,5-7H2,1-4H3. The van der Waals surface area contributed by atoms with E-state index in [9.17, 15) is 0 Å². The third kappa shape index (κ3) is 3.07. The van der Waals surface area contributed by atoms with Crippen molar-refractivity contribution in [3.05, 3.63) is 23.7 Å². The van der Waals surface area contributed by atoms with Crippen LogP contribution in [0.4, 0.5) is 0 Å². The van der Waals surface area contributed by atoms with E-state index in [0.29, 0.717) is 0 Å². The van der Waals surface area contributed by atoms with Crippen LogP contribution in [0.25, 0.3) is 11.2 Å². The first-order valence-corrected chi connectivity index (χ1v) is 7.12. The number of hydrogen-bond acceptors (Lipinski definition) is 3. The highest BCUT2D eigenvalue weighted by molar-refractivity contribution is 6.20. The van der Waals surface area contributed by atoms with Crippen LogP contribution < -0.4 is 0 Å². The Morgan fingerprint density at radius 1 is 1.47 bits per heavy atom. The molecule has 4 nitrogen and oxygen atoms in total. The molecule has 2 rings (SSSR count). The maximum Gasteiger partial charge on any atom is 0.160 e. The molecule has 0 N–H and O–H groups in total. The highest BCUT2D eigenvalue weighted by atomic mass is 35.5. The summed E-state index contributed by atoms with van der Waals surface area (Å²) < 4.78 is 2.14. The number of aryl methyl sites for hydroxylation is 1. The maximum atomic E-state index is 6.24. The highest BCUT2D eigenvalue weighted by Gasteiger charge is 2.16. The molecule has 0 amide bonds. The van der Waals surface area contributed by atoms with Crippen molar-refractivity contribution in [1.29, 1.82) is 0 Å². The summed E-state index contributed by atoms with van der Waals surface area (Å²) in [5.41, 5.74) is 2.98. The summed E-state index contributed by atoms with van der Waals surface area (Å²) in [5, 5.41) is -0.110. The Labute approximate surface area is 119 Å². The predicted octanol–water partition coefficient (Wildman–Crippen LogP) is 2.99. The van der Waals surface area contributed by atoms with Gasteiger partial charge in [0.2, 0.25) is 0 Å². The topological polar surface area (TPSA) is 34.0 Å².